The van der Waals surface area contributed by atoms with E-state index in [-0.39, 0.29) is 29.9 Å². The number of anilines is 1. The van der Waals surface area contributed by atoms with Crippen LogP contribution in [0.4, 0.5) is 14.7 Å². The van der Waals surface area contributed by atoms with Crippen LogP contribution in [0.15, 0.2) is 42.7 Å². The van der Waals surface area contributed by atoms with Crippen molar-refractivity contribution in [2.75, 3.05) is 18.9 Å². The highest BCUT2D eigenvalue weighted by Gasteiger charge is 2.21. The van der Waals surface area contributed by atoms with Crippen LogP contribution in [0.1, 0.15) is 34.5 Å². The molecule has 1 aromatic carbocycles. The van der Waals surface area contributed by atoms with E-state index >= 15 is 0 Å². The summed E-state index contributed by atoms with van der Waals surface area (Å²) in [6, 6.07) is 7.21. The van der Waals surface area contributed by atoms with E-state index in [1.54, 1.807) is 36.0 Å². The number of pyridine rings is 2. The molecule has 186 valence electrons. The summed E-state index contributed by atoms with van der Waals surface area (Å²) in [6.45, 7) is 2.53. The first-order valence-corrected chi connectivity index (χ1v) is 11.5. The van der Waals surface area contributed by atoms with Gasteiger partial charge in [0.2, 0.25) is 5.95 Å². The molecule has 3 aromatic heterocycles. The number of ether oxygens (including phenoxy) is 2. The zero-order chi connectivity index (χ0) is 25.2. The fraction of sp³-hybridized carbons (Fsp3) is 0.280. The molecule has 0 bridgehead atoms. The van der Waals surface area contributed by atoms with Gasteiger partial charge in [0.25, 0.3) is 5.91 Å². The number of amides is 1. The van der Waals surface area contributed by atoms with Gasteiger partial charge in [-0.15, -0.1) is 5.10 Å². The lowest BCUT2D eigenvalue weighted by Crippen LogP contribution is -2.29. The minimum absolute atomic E-state index is 0.0864. The molecule has 5 rings (SSSR count). The largest absolute Gasteiger partial charge is 0.485 e. The molecule has 1 amide bonds. The van der Waals surface area contributed by atoms with Crippen LogP contribution in [-0.4, -0.2) is 44.8 Å². The van der Waals surface area contributed by atoms with Gasteiger partial charge in [0.05, 0.1) is 17.9 Å². The molecule has 1 aliphatic heterocycles. The molecule has 0 radical (unpaired) electrons. The van der Waals surface area contributed by atoms with Gasteiger partial charge in [-0.1, -0.05) is 0 Å². The molecule has 0 saturated carbocycles. The van der Waals surface area contributed by atoms with E-state index in [2.05, 4.69) is 20.4 Å². The molecule has 1 atom stereocenters. The SMILES string of the molecule is Cc1ncc(-c2ccn3nc(N)nc3c2)cc1C(=O)NCc1cc(F)cc(F)c1OC1CCCOC1. The molecule has 4 aromatic rings. The number of nitrogens with one attached hydrogen (secondary N) is 1. The number of nitrogen functional groups attached to an aromatic ring is 1. The molecule has 1 aliphatic rings. The molecule has 3 N–H and O–H groups in total. The minimum atomic E-state index is -0.825. The molecule has 36 heavy (non-hydrogen) atoms. The van der Waals surface area contributed by atoms with E-state index in [0.717, 1.165) is 24.1 Å². The first-order chi connectivity index (χ1) is 17.4. The number of nitrogens with zero attached hydrogens (tertiary/aromatic N) is 4. The lowest BCUT2D eigenvalue weighted by atomic mass is 10.0. The fourth-order valence-corrected chi connectivity index (χ4v) is 4.12. The molecule has 9 nitrogen and oxygen atoms in total. The third-order valence-electron chi connectivity index (χ3n) is 5.95. The second-order valence-electron chi connectivity index (χ2n) is 8.56. The molecule has 11 heteroatoms. The maximum absolute atomic E-state index is 14.6. The van der Waals surface area contributed by atoms with E-state index in [0.29, 0.717) is 42.1 Å². The van der Waals surface area contributed by atoms with Crippen LogP contribution in [0.25, 0.3) is 16.8 Å². The van der Waals surface area contributed by atoms with Crippen LogP contribution in [0, 0.1) is 18.6 Å². The van der Waals surface area contributed by atoms with Crippen LogP contribution in [0.5, 0.6) is 5.75 Å². The maximum Gasteiger partial charge on any atom is 0.253 e. The number of aryl methyl sites for hydroxylation is 1. The van der Waals surface area contributed by atoms with Crippen molar-refractivity contribution in [3.05, 3.63) is 71.2 Å². The summed E-state index contributed by atoms with van der Waals surface area (Å²) >= 11 is 0. The lowest BCUT2D eigenvalue weighted by molar-refractivity contribution is 0.00537. The third-order valence-corrected chi connectivity index (χ3v) is 5.95. The number of benzene rings is 1. The van der Waals surface area contributed by atoms with Crippen molar-refractivity contribution in [2.24, 2.45) is 0 Å². The number of carbonyl (C=O) groups excluding carboxylic acids is 1. The summed E-state index contributed by atoms with van der Waals surface area (Å²) in [5, 5.41) is 6.78. The molecule has 1 fully saturated rings. The Bertz CT molecular complexity index is 1440. The zero-order valence-corrected chi connectivity index (χ0v) is 19.5. The van der Waals surface area contributed by atoms with Crippen LogP contribution < -0.4 is 15.8 Å². The number of nitrogens with two attached hydrogens (primary N) is 1. The predicted molar refractivity (Wildman–Crippen MR) is 127 cm³/mol. The monoisotopic (exact) mass is 494 g/mol. The second-order valence-corrected chi connectivity index (χ2v) is 8.56. The fourth-order valence-electron chi connectivity index (χ4n) is 4.12. The molecular formula is C25H24F2N6O3. The van der Waals surface area contributed by atoms with Crippen molar-refractivity contribution in [3.63, 3.8) is 0 Å². The van der Waals surface area contributed by atoms with E-state index in [4.69, 9.17) is 15.2 Å². The van der Waals surface area contributed by atoms with Gasteiger partial charge in [0, 0.05) is 42.7 Å². The first-order valence-electron chi connectivity index (χ1n) is 11.5. The van der Waals surface area contributed by atoms with Crippen LogP contribution in [0.2, 0.25) is 0 Å². The van der Waals surface area contributed by atoms with Crippen molar-refractivity contribution in [1.82, 2.24) is 24.9 Å². The number of halogens is 2. The zero-order valence-electron chi connectivity index (χ0n) is 19.5. The molecule has 1 saturated heterocycles. The van der Waals surface area contributed by atoms with Gasteiger partial charge >= 0.3 is 0 Å². The van der Waals surface area contributed by atoms with Crippen molar-refractivity contribution in [2.45, 2.75) is 32.4 Å². The molecule has 0 aliphatic carbocycles. The summed E-state index contributed by atoms with van der Waals surface area (Å²) in [5.74, 6) is -1.95. The number of rotatable bonds is 6. The smallest absolute Gasteiger partial charge is 0.253 e. The van der Waals surface area contributed by atoms with Crippen molar-refractivity contribution < 1.29 is 23.0 Å². The molecule has 4 heterocycles. The lowest BCUT2D eigenvalue weighted by Gasteiger charge is -2.25. The third kappa shape index (κ3) is 4.96. The van der Waals surface area contributed by atoms with Crippen molar-refractivity contribution >= 4 is 17.5 Å². The topological polar surface area (TPSA) is 117 Å². The Kier molecular flexibility index (Phi) is 6.47. The van der Waals surface area contributed by atoms with Gasteiger partial charge in [-0.2, -0.15) is 4.98 Å². The highest BCUT2D eigenvalue weighted by molar-refractivity contribution is 5.96. The van der Waals surface area contributed by atoms with Crippen molar-refractivity contribution in [1.29, 1.82) is 0 Å². The molecule has 0 spiro atoms. The Morgan fingerprint density at radius 2 is 2.14 bits per heavy atom. The van der Waals surface area contributed by atoms with Gasteiger partial charge in [0.15, 0.2) is 17.2 Å². The quantitative estimate of drug-likeness (QED) is 0.422. The van der Waals surface area contributed by atoms with Gasteiger partial charge in [-0.3, -0.25) is 9.78 Å². The summed E-state index contributed by atoms with van der Waals surface area (Å²) in [6.07, 6.45) is 4.52. The first kappa shape index (κ1) is 23.6. The number of carbonyl (C=O) groups is 1. The van der Waals surface area contributed by atoms with Gasteiger partial charge in [0.1, 0.15) is 11.9 Å². The molecule has 1 unspecified atom stereocenters. The van der Waals surface area contributed by atoms with Crippen LogP contribution in [0.3, 0.4) is 0 Å². The van der Waals surface area contributed by atoms with E-state index < -0.39 is 17.5 Å². The standard InChI is InChI=1S/C25H24F2N6O3/c1-14-20(8-16(11-29-14)15-4-5-33-22(9-15)31-25(28)32-33)24(34)30-12-17-7-18(26)10-21(27)23(17)36-19-3-2-6-35-13-19/h4-5,7-11,19H,2-3,6,12-13H2,1H3,(H2,28,32)(H,30,34). The average molecular weight is 495 g/mol. The number of hydrogen-bond donors (Lipinski definition) is 2. The van der Waals surface area contributed by atoms with Gasteiger partial charge in [-0.25, -0.2) is 13.3 Å². The van der Waals surface area contributed by atoms with Crippen LogP contribution in [-0.2, 0) is 11.3 Å². The minimum Gasteiger partial charge on any atom is -0.485 e. The predicted octanol–water partition coefficient (Wildman–Crippen LogP) is 3.45. The van der Waals surface area contributed by atoms with Gasteiger partial charge in [-0.05, 0) is 49.6 Å². The van der Waals surface area contributed by atoms with Gasteiger partial charge < -0.3 is 20.5 Å². The maximum atomic E-state index is 14.6. The highest BCUT2D eigenvalue weighted by Crippen LogP contribution is 2.28. The Morgan fingerprint density at radius 3 is 2.94 bits per heavy atom. The Hall–Kier alpha value is -4.12. The summed E-state index contributed by atoms with van der Waals surface area (Å²) in [4.78, 5) is 21.6. The highest BCUT2D eigenvalue weighted by atomic mass is 19.1. The van der Waals surface area contributed by atoms with Crippen LogP contribution >= 0.6 is 0 Å². The Balaban J connectivity index is 1.36. The second kappa shape index (κ2) is 9.86. The summed E-state index contributed by atoms with van der Waals surface area (Å²) in [7, 11) is 0. The normalized spacial score (nSPS) is 15.7. The Morgan fingerprint density at radius 1 is 1.28 bits per heavy atom. The van der Waals surface area contributed by atoms with E-state index in [1.807, 2.05) is 6.07 Å². The number of fused-ring (bicyclic) bond motifs is 1. The number of aromatic nitrogens is 4. The average Bonchev–Trinajstić information content (AvgIpc) is 3.24. The Labute approximate surface area is 205 Å². The number of hydrogen-bond acceptors (Lipinski definition) is 7. The van der Waals surface area contributed by atoms with Crippen molar-refractivity contribution in [3.8, 4) is 16.9 Å². The summed E-state index contributed by atoms with van der Waals surface area (Å²) < 4.78 is 41.3. The van der Waals surface area contributed by atoms with E-state index in [1.165, 1.54) is 0 Å². The molecular weight excluding hydrogens is 470 g/mol. The van der Waals surface area contributed by atoms with E-state index in [9.17, 15) is 13.6 Å². The summed E-state index contributed by atoms with van der Waals surface area (Å²) in [5.41, 5.74) is 8.70.